The van der Waals surface area contributed by atoms with Crippen LogP contribution >= 0.6 is 0 Å². The molecule has 0 radical (unpaired) electrons. The Kier molecular flexibility index (Phi) is 2.37. The van der Waals surface area contributed by atoms with Crippen LogP contribution in [0.3, 0.4) is 0 Å². The van der Waals surface area contributed by atoms with Gasteiger partial charge in [-0.2, -0.15) is 0 Å². The van der Waals surface area contributed by atoms with Gasteiger partial charge < -0.3 is 14.7 Å². The van der Waals surface area contributed by atoms with Gasteiger partial charge in [0.05, 0.1) is 18.8 Å². The van der Waals surface area contributed by atoms with E-state index >= 15 is 0 Å². The zero-order valence-electron chi connectivity index (χ0n) is 9.42. The maximum absolute atomic E-state index is 10.2. The Hall–Kier alpha value is -0.120. The number of hydrogen-bond acceptors (Lipinski definition) is 3. The summed E-state index contributed by atoms with van der Waals surface area (Å²) in [6.07, 6.45) is 1.20. The Morgan fingerprint density at radius 1 is 1.43 bits per heavy atom. The molecule has 82 valence electrons. The van der Waals surface area contributed by atoms with Gasteiger partial charge in [-0.25, -0.2) is 0 Å². The molecule has 3 nitrogen and oxygen atoms in total. The molecule has 3 heteroatoms. The highest BCUT2D eigenvalue weighted by atomic mass is 16.5. The van der Waals surface area contributed by atoms with Crippen LogP contribution in [0.15, 0.2) is 0 Å². The van der Waals surface area contributed by atoms with Gasteiger partial charge in [-0.1, -0.05) is 0 Å². The molecule has 1 unspecified atom stereocenters. The zero-order chi connectivity index (χ0) is 10.4. The lowest BCUT2D eigenvalue weighted by Crippen LogP contribution is -2.61. The average molecular weight is 199 g/mol. The minimum atomic E-state index is -0.610. The van der Waals surface area contributed by atoms with E-state index in [2.05, 4.69) is 11.9 Å². The van der Waals surface area contributed by atoms with Gasteiger partial charge >= 0.3 is 0 Å². The summed E-state index contributed by atoms with van der Waals surface area (Å²) in [5.74, 6) is 0.598. The van der Waals surface area contributed by atoms with Crippen LogP contribution in [-0.2, 0) is 4.74 Å². The fraction of sp³-hybridized carbons (Fsp3) is 1.00. The van der Waals surface area contributed by atoms with Crippen molar-refractivity contribution in [1.29, 1.82) is 0 Å². The Bertz CT molecular complexity index is 218. The monoisotopic (exact) mass is 199 g/mol. The number of aliphatic hydroxyl groups is 1. The molecule has 0 aliphatic carbocycles. The largest absolute Gasteiger partial charge is 0.390 e. The first-order chi connectivity index (χ1) is 6.46. The lowest BCUT2D eigenvalue weighted by atomic mass is 9.63. The van der Waals surface area contributed by atoms with Crippen molar-refractivity contribution < 1.29 is 9.84 Å². The number of rotatable bonds is 2. The average Bonchev–Trinajstić information content (AvgIpc) is 2.29. The van der Waals surface area contributed by atoms with Gasteiger partial charge in [-0.05, 0) is 39.8 Å². The maximum Gasteiger partial charge on any atom is 0.0695 e. The lowest BCUT2D eigenvalue weighted by molar-refractivity contribution is -0.233. The van der Waals surface area contributed by atoms with Crippen molar-refractivity contribution in [2.24, 2.45) is 11.3 Å². The van der Waals surface area contributed by atoms with E-state index in [4.69, 9.17) is 4.74 Å². The Balaban J connectivity index is 2.13. The summed E-state index contributed by atoms with van der Waals surface area (Å²) in [4.78, 5) is 2.34. The van der Waals surface area contributed by atoms with Gasteiger partial charge in [0.15, 0.2) is 0 Å². The summed E-state index contributed by atoms with van der Waals surface area (Å²) in [6.45, 7) is 7.57. The Labute approximate surface area is 86.0 Å². The van der Waals surface area contributed by atoms with E-state index in [1.54, 1.807) is 0 Å². The number of nitrogens with zero attached hydrogens (tertiary/aromatic N) is 1. The van der Waals surface area contributed by atoms with E-state index in [0.29, 0.717) is 5.92 Å². The molecule has 0 saturated carbocycles. The van der Waals surface area contributed by atoms with Gasteiger partial charge in [0.1, 0.15) is 0 Å². The van der Waals surface area contributed by atoms with E-state index in [-0.39, 0.29) is 5.41 Å². The molecule has 0 bridgehead atoms. The molecule has 2 heterocycles. The van der Waals surface area contributed by atoms with Gasteiger partial charge in [-0.3, -0.25) is 0 Å². The van der Waals surface area contributed by atoms with Crippen molar-refractivity contribution in [2.75, 3.05) is 33.4 Å². The molecule has 0 aromatic heterocycles. The van der Waals surface area contributed by atoms with Gasteiger partial charge in [-0.15, -0.1) is 0 Å². The highest BCUT2D eigenvalue weighted by Crippen LogP contribution is 2.48. The standard InChI is InChI=1S/C11H21NO2/c1-10(2,13)11(7-14-8-11)9-4-5-12(3)6-9/h9,13H,4-8H2,1-3H3. The van der Waals surface area contributed by atoms with Crippen LogP contribution in [-0.4, -0.2) is 49.0 Å². The molecular formula is C11H21NO2. The van der Waals surface area contributed by atoms with Gasteiger partial charge in [0.2, 0.25) is 0 Å². The molecule has 0 amide bonds. The van der Waals surface area contributed by atoms with E-state index in [0.717, 1.165) is 26.3 Å². The predicted octanol–water partition coefficient (Wildman–Crippen LogP) is 0.726. The predicted molar refractivity (Wildman–Crippen MR) is 55.2 cm³/mol. The first-order valence-electron chi connectivity index (χ1n) is 5.44. The second-order valence-corrected chi connectivity index (χ2v) is 5.46. The van der Waals surface area contributed by atoms with E-state index < -0.39 is 5.60 Å². The van der Waals surface area contributed by atoms with Crippen LogP contribution < -0.4 is 0 Å². The molecule has 2 aliphatic heterocycles. The summed E-state index contributed by atoms with van der Waals surface area (Å²) in [6, 6.07) is 0. The van der Waals surface area contributed by atoms with Crippen LogP contribution in [0.2, 0.25) is 0 Å². The molecule has 0 aromatic rings. The summed E-state index contributed by atoms with van der Waals surface area (Å²) < 4.78 is 5.33. The van der Waals surface area contributed by atoms with Crippen molar-refractivity contribution in [3.05, 3.63) is 0 Å². The minimum Gasteiger partial charge on any atom is -0.390 e. The number of hydrogen-bond donors (Lipinski definition) is 1. The molecular weight excluding hydrogens is 178 g/mol. The van der Waals surface area contributed by atoms with E-state index in [1.807, 2.05) is 13.8 Å². The molecule has 2 fully saturated rings. The van der Waals surface area contributed by atoms with Gasteiger partial charge in [0, 0.05) is 12.0 Å². The minimum absolute atomic E-state index is 0.0117. The Morgan fingerprint density at radius 3 is 2.36 bits per heavy atom. The molecule has 2 saturated heterocycles. The van der Waals surface area contributed by atoms with Crippen LogP contribution in [0.1, 0.15) is 20.3 Å². The van der Waals surface area contributed by atoms with Crippen LogP contribution in [0, 0.1) is 11.3 Å². The summed E-state index contributed by atoms with van der Waals surface area (Å²) in [5, 5.41) is 10.2. The van der Waals surface area contributed by atoms with Crippen LogP contribution in [0.5, 0.6) is 0 Å². The third-order valence-corrected chi connectivity index (χ3v) is 4.11. The fourth-order valence-corrected chi connectivity index (χ4v) is 2.80. The molecule has 2 aliphatic rings. The topological polar surface area (TPSA) is 32.7 Å². The van der Waals surface area contributed by atoms with Crippen molar-refractivity contribution in [1.82, 2.24) is 4.90 Å². The second-order valence-electron chi connectivity index (χ2n) is 5.46. The zero-order valence-corrected chi connectivity index (χ0v) is 9.42. The molecule has 2 rings (SSSR count). The highest BCUT2D eigenvalue weighted by molar-refractivity contribution is 5.04. The summed E-state index contributed by atoms with van der Waals surface area (Å²) >= 11 is 0. The van der Waals surface area contributed by atoms with E-state index in [1.165, 1.54) is 6.42 Å². The fourth-order valence-electron chi connectivity index (χ4n) is 2.80. The number of likely N-dealkylation sites (tertiary alicyclic amines) is 1. The lowest BCUT2D eigenvalue weighted by Gasteiger charge is -2.53. The van der Waals surface area contributed by atoms with E-state index in [9.17, 15) is 5.11 Å². The van der Waals surface area contributed by atoms with Crippen molar-refractivity contribution in [3.63, 3.8) is 0 Å². The maximum atomic E-state index is 10.2. The third kappa shape index (κ3) is 1.38. The highest BCUT2D eigenvalue weighted by Gasteiger charge is 2.56. The first-order valence-corrected chi connectivity index (χ1v) is 5.44. The smallest absolute Gasteiger partial charge is 0.0695 e. The quantitative estimate of drug-likeness (QED) is 0.711. The molecule has 1 atom stereocenters. The SMILES string of the molecule is CN1CCC(C2(C(C)(C)O)COC2)C1. The van der Waals surface area contributed by atoms with Crippen LogP contribution in [0.25, 0.3) is 0 Å². The van der Waals surface area contributed by atoms with Crippen molar-refractivity contribution in [2.45, 2.75) is 25.9 Å². The first kappa shape index (κ1) is 10.4. The molecule has 0 aromatic carbocycles. The second kappa shape index (κ2) is 3.19. The van der Waals surface area contributed by atoms with Crippen molar-refractivity contribution in [3.8, 4) is 0 Å². The molecule has 0 spiro atoms. The summed E-state index contributed by atoms with van der Waals surface area (Å²) in [7, 11) is 2.15. The number of ether oxygens (including phenoxy) is 1. The third-order valence-electron chi connectivity index (χ3n) is 4.11. The molecule has 14 heavy (non-hydrogen) atoms. The van der Waals surface area contributed by atoms with Crippen molar-refractivity contribution >= 4 is 0 Å². The van der Waals surface area contributed by atoms with Gasteiger partial charge in [0.25, 0.3) is 0 Å². The molecule has 1 N–H and O–H groups in total. The summed E-state index contributed by atoms with van der Waals surface area (Å²) in [5.41, 5.74) is -0.598. The Morgan fingerprint density at radius 2 is 2.07 bits per heavy atom. The normalized spacial score (nSPS) is 33.0. The van der Waals surface area contributed by atoms with Crippen LogP contribution in [0.4, 0.5) is 0 Å².